The minimum atomic E-state index is -0.425. The van der Waals surface area contributed by atoms with Gasteiger partial charge in [-0.15, -0.1) is 16.4 Å². The van der Waals surface area contributed by atoms with Gasteiger partial charge in [0.25, 0.3) is 5.56 Å². The molecule has 0 atom stereocenters. The van der Waals surface area contributed by atoms with Gasteiger partial charge in [-0.3, -0.25) is 9.59 Å². The van der Waals surface area contributed by atoms with Crippen LogP contribution in [-0.4, -0.2) is 20.6 Å². The number of thiophene rings is 1. The number of ether oxygens (including phenoxy) is 1. The molecule has 0 saturated heterocycles. The van der Waals surface area contributed by atoms with Gasteiger partial charge in [-0.1, -0.05) is 29.5 Å². The molecule has 124 valence electrons. The molecule has 0 fully saturated rings. The number of aromatic nitrogens is 3. The molecule has 4 aromatic rings. The van der Waals surface area contributed by atoms with E-state index >= 15 is 0 Å². The lowest BCUT2D eigenvalue weighted by Crippen LogP contribution is -2.23. The van der Waals surface area contributed by atoms with E-state index in [9.17, 15) is 9.59 Å². The van der Waals surface area contributed by atoms with E-state index in [0.717, 1.165) is 4.88 Å². The SMILES string of the molecule is CC(=O)Oc1ccccc1-c1nc2s/c(=C\c3cccs3)c(=O)n2n1. The summed E-state index contributed by atoms with van der Waals surface area (Å²) in [6.45, 7) is 1.33. The minimum Gasteiger partial charge on any atom is -0.426 e. The second kappa shape index (κ2) is 6.23. The van der Waals surface area contributed by atoms with Gasteiger partial charge in [-0.05, 0) is 29.7 Å². The predicted octanol–water partition coefficient (Wildman–Crippen LogP) is 2.35. The molecule has 4 rings (SSSR count). The van der Waals surface area contributed by atoms with Crippen LogP contribution in [-0.2, 0) is 4.79 Å². The van der Waals surface area contributed by atoms with Crippen LogP contribution in [0.25, 0.3) is 22.4 Å². The van der Waals surface area contributed by atoms with Crippen molar-refractivity contribution >= 4 is 39.7 Å². The zero-order chi connectivity index (χ0) is 17.4. The van der Waals surface area contributed by atoms with Gasteiger partial charge in [0.1, 0.15) is 5.75 Å². The molecular weight excluding hydrogens is 358 g/mol. The number of nitrogens with zero attached hydrogens (tertiary/aromatic N) is 3. The molecule has 0 saturated carbocycles. The van der Waals surface area contributed by atoms with Crippen molar-refractivity contribution in [1.29, 1.82) is 0 Å². The second-order valence-electron chi connectivity index (χ2n) is 5.15. The van der Waals surface area contributed by atoms with Crippen LogP contribution in [0.15, 0.2) is 46.6 Å². The lowest BCUT2D eigenvalue weighted by atomic mass is 10.2. The Hall–Kier alpha value is -2.84. The fourth-order valence-corrected chi connectivity index (χ4v) is 3.98. The summed E-state index contributed by atoms with van der Waals surface area (Å²) in [4.78, 5) is 29.7. The third-order valence-electron chi connectivity index (χ3n) is 3.38. The average Bonchev–Trinajstić information content (AvgIpc) is 3.28. The highest BCUT2D eigenvalue weighted by atomic mass is 32.1. The summed E-state index contributed by atoms with van der Waals surface area (Å²) in [6.07, 6.45) is 1.83. The highest BCUT2D eigenvalue weighted by Gasteiger charge is 2.16. The van der Waals surface area contributed by atoms with E-state index in [-0.39, 0.29) is 5.56 Å². The Morgan fingerprint density at radius 1 is 1.24 bits per heavy atom. The topological polar surface area (TPSA) is 73.6 Å². The molecule has 0 N–H and O–H groups in total. The third kappa shape index (κ3) is 2.97. The molecule has 6 nitrogen and oxygen atoms in total. The Bertz CT molecular complexity index is 1180. The first-order valence-electron chi connectivity index (χ1n) is 7.34. The number of hydrogen-bond acceptors (Lipinski definition) is 7. The first-order chi connectivity index (χ1) is 12.1. The molecule has 3 heterocycles. The lowest BCUT2D eigenvalue weighted by Gasteiger charge is -2.04. The maximum absolute atomic E-state index is 12.5. The number of carbonyl (C=O) groups is 1. The number of esters is 1. The van der Waals surface area contributed by atoms with Crippen molar-refractivity contribution in [2.75, 3.05) is 0 Å². The molecule has 8 heteroatoms. The van der Waals surface area contributed by atoms with Crippen LogP contribution in [0.4, 0.5) is 0 Å². The van der Waals surface area contributed by atoms with Crippen LogP contribution in [0.2, 0.25) is 0 Å². The summed E-state index contributed by atoms with van der Waals surface area (Å²) in [5.41, 5.74) is 0.355. The van der Waals surface area contributed by atoms with Gasteiger partial charge < -0.3 is 4.74 Å². The van der Waals surface area contributed by atoms with Gasteiger partial charge in [0.2, 0.25) is 4.96 Å². The normalized spacial score (nSPS) is 12.0. The molecule has 0 radical (unpaired) electrons. The quantitative estimate of drug-likeness (QED) is 0.409. The van der Waals surface area contributed by atoms with Crippen LogP contribution in [0.5, 0.6) is 5.75 Å². The number of rotatable bonds is 3. The van der Waals surface area contributed by atoms with Crippen LogP contribution >= 0.6 is 22.7 Å². The van der Waals surface area contributed by atoms with E-state index in [2.05, 4.69) is 10.1 Å². The lowest BCUT2D eigenvalue weighted by molar-refractivity contribution is -0.131. The second-order valence-corrected chi connectivity index (χ2v) is 7.14. The Labute approximate surface area is 149 Å². The summed E-state index contributed by atoms with van der Waals surface area (Å²) >= 11 is 2.84. The average molecular weight is 369 g/mol. The molecule has 25 heavy (non-hydrogen) atoms. The smallest absolute Gasteiger partial charge is 0.308 e. The molecule has 0 unspecified atom stereocenters. The van der Waals surface area contributed by atoms with Crippen LogP contribution in [0.3, 0.4) is 0 Å². The number of thiazole rings is 1. The molecule has 0 spiro atoms. The molecule has 0 aliphatic heterocycles. The van der Waals surface area contributed by atoms with Crippen molar-refractivity contribution < 1.29 is 9.53 Å². The van der Waals surface area contributed by atoms with E-state index in [1.165, 1.54) is 22.8 Å². The number of hydrogen-bond donors (Lipinski definition) is 0. The zero-order valence-electron chi connectivity index (χ0n) is 13.0. The molecule has 0 aliphatic carbocycles. The van der Waals surface area contributed by atoms with E-state index < -0.39 is 5.97 Å². The van der Waals surface area contributed by atoms with Crippen molar-refractivity contribution in [3.8, 4) is 17.1 Å². The molecular formula is C17H11N3O3S2. The van der Waals surface area contributed by atoms with Crippen molar-refractivity contribution in [3.05, 3.63) is 61.5 Å². The van der Waals surface area contributed by atoms with Crippen molar-refractivity contribution in [1.82, 2.24) is 14.6 Å². The highest BCUT2D eigenvalue weighted by molar-refractivity contribution is 7.15. The zero-order valence-corrected chi connectivity index (χ0v) is 14.6. The van der Waals surface area contributed by atoms with E-state index in [0.29, 0.717) is 26.6 Å². The molecule has 1 aromatic carbocycles. The van der Waals surface area contributed by atoms with Gasteiger partial charge in [-0.25, -0.2) is 0 Å². The first-order valence-corrected chi connectivity index (χ1v) is 9.04. The molecule has 0 bridgehead atoms. The Morgan fingerprint density at radius 3 is 2.80 bits per heavy atom. The van der Waals surface area contributed by atoms with E-state index in [1.54, 1.807) is 35.6 Å². The Morgan fingerprint density at radius 2 is 2.08 bits per heavy atom. The summed E-state index contributed by atoms with van der Waals surface area (Å²) in [6, 6.07) is 10.8. The van der Waals surface area contributed by atoms with Crippen molar-refractivity contribution in [2.45, 2.75) is 6.92 Å². The summed E-state index contributed by atoms with van der Waals surface area (Å²) in [7, 11) is 0. The van der Waals surface area contributed by atoms with Crippen molar-refractivity contribution in [3.63, 3.8) is 0 Å². The fraction of sp³-hybridized carbons (Fsp3) is 0.0588. The maximum atomic E-state index is 12.5. The monoisotopic (exact) mass is 369 g/mol. The molecule has 0 aliphatic rings. The maximum Gasteiger partial charge on any atom is 0.308 e. The molecule has 3 aromatic heterocycles. The summed E-state index contributed by atoms with van der Waals surface area (Å²) in [5.74, 6) is 0.291. The first kappa shape index (κ1) is 15.7. The van der Waals surface area contributed by atoms with E-state index in [4.69, 9.17) is 4.74 Å². The van der Waals surface area contributed by atoms with Crippen molar-refractivity contribution in [2.24, 2.45) is 0 Å². The minimum absolute atomic E-state index is 0.211. The van der Waals surface area contributed by atoms with Gasteiger partial charge in [-0.2, -0.15) is 9.50 Å². The van der Waals surface area contributed by atoms with Gasteiger partial charge >= 0.3 is 5.97 Å². The van der Waals surface area contributed by atoms with Crippen LogP contribution in [0.1, 0.15) is 11.8 Å². The molecule has 0 amide bonds. The third-order valence-corrected chi connectivity index (χ3v) is 5.16. The van der Waals surface area contributed by atoms with Gasteiger partial charge in [0.15, 0.2) is 5.82 Å². The number of carbonyl (C=O) groups excluding carboxylic acids is 1. The Balaban J connectivity index is 1.82. The number of benzene rings is 1. The van der Waals surface area contributed by atoms with Gasteiger partial charge in [0.05, 0.1) is 10.1 Å². The van der Waals surface area contributed by atoms with Crippen LogP contribution in [0, 0.1) is 0 Å². The predicted molar refractivity (Wildman–Crippen MR) is 97.0 cm³/mol. The highest BCUT2D eigenvalue weighted by Crippen LogP contribution is 2.27. The van der Waals surface area contributed by atoms with Crippen LogP contribution < -0.4 is 14.8 Å². The standard InChI is InChI=1S/C17H11N3O3S2/c1-10(21)23-13-7-3-2-6-12(13)15-18-17-20(19-15)16(22)14(25-17)9-11-5-4-8-24-11/h2-9H,1H3/b14-9-. The van der Waals surface area contributed by atoms with E-state index in [1.807, 2.05) is 23.6 Å². The number of fused-ring (bicyclic) bond motifs is 1. The van der Waals surface area contributed by atoms with Gasteiger partial charge in [0, 0.05) is 11.8 Å². The summed E-state index contributed by atoms with van der Waals surface area (Å²) in [5, 5.41) is 6.25. The Kier molecular flexibility index (Phi) is 3.90. The summed E-state index contributed by atoms with van der Waals surface area (Å²) < 4.78 is 7.05. The number of para-hydroxylation sites is 1. The fourth-order valence-electron chi connectivity index (χ4n) is 2.35. The largest absolute Gasteiger partial charge is 0.426 e.